The summed E-state index contributed by atoms with van der Waals surface area (Å²) in [5.74, 6) is 0.185. The highest BCUT2D eigenvalue weighted by Crippen LogP contribution is 2.29. The number of allylic oxidation sites excluding steroid dienone is 1. The summed E-state index contributed by atoms with van der Waals surface area (Å²) >= 11 is 3.33. The lowest BCUT2D eigenvalue weighted by Crippen LogP contribution is -1.94. The summed E-state index contributed by atoms with van der Waals surface area (Å²) in [7, 11) is 1.38. The Morgan fingerprint density at radius 2 is 2.00 bits per heavy atom. The predicted molar refractivity (Wildman–Crippen MR) is 87.3 cm³/mol. The summed E-state index contributed by atoms with van der Waals surface area (Å²) in [4.78, 5) is 10.5. The van der Waals surface area contributed by atoms with Crippen LogP contribution in [0.1, 0.15) is 11.1 Å². The Morgan fingerprint density at radius 3 is 2.55 bits per heavy atom. The molecular weight excluding hydrogens is 348 g/mol. The first kappa shape index (κ1) is 15.7. The van der Waals surface area contributed by atoms with E-state index in [4.69, 9.17) is 4.74 Å². The van der Waals surface area contributed by atoms with E-state index in [0.29, 0.717) is 11.1 Å². The second-order valence-corrected chi connectivity index (χ2v) is 5.28. The molecule has 0 unspecified atom stereocenters. The van der Waals surface area contributed by atoms with Crippen molar-refractivity contribution in [1.82, 2.24) is 0 Å². The van der Waals surface area contributed by atoms with Gasteiger partial charge in [-0.1, -0.05) is 34.1 Å². The largest absolute Gasteiger partial charge is 0.490 e. The van der Waals surface area contributed by atoms with E-state index < -0.39 is 4.92 Å². The zero-order valence-corrected chi connectivity index (χ0v) is 13.2. The molecule has 5 nitrogen and oxygen atoms in total. The Bertz CT molecular complexity index is 777. The van der Waals surface area contributed by atoms with Crippen molar-refractivity contribution in [3.05, 3.63) is 68.2 Å². The molecule has 6 heteroatoms. The molecule has 2 rings (SSSR count). The highest BCUT2D eigenvalue weighted by molar-refractivity contribution is 9.10. The minimum atomic E-state index is -0.512. The lowest BCUT2D eigenvalue weighted by molar-refractivity contribution is -0.385. The van der Waals surface area contributed by atoms with Gasteiger partial charge in [0, 0.05) is 10.5 Å². The van der Waals surface area contributed by atoms with Gasteiger partial charge >= 0.3 is 5.69 Å². The van der Waals surface area contributed by atoms with Gasteiger partial charge in [-0.15, -0.1) is 0 Å². The number of rotatable bonds is 4. The van der Waals surface area contributed by atoms with Gasteiger partial charge < -0.3 is 4.74 Å². The van der Waals surface area contributed by atoms with E-state index >= 15 is 0 Å². The Kier molecular flexibility index (Phi) is 4.92. The van der Waals surface area contributed by atoms with Crippen LogP contribution in [0.2, 0.25) is 0 Å². The lowest BCUT2D eigenvalue weighted by atomic mass is 10.0. The van der Waals surface area contributed by atoms with Crippen LogP contribution in [0.5, 0.6) is 5.75 Å². The second kappa shape index (κ2) is 6.87. The Morgan fingerprint density at radius 1 is 1.32 bits per heavy atom. The molecule has 0 amide bonds. The van der Waals surface area contributed by atoms with Crippen LogP contribution < -0.4 is 4.74 Å². The highest BCUT2D eigenvalue weighted by Gasteiger charge is 2.14. The van der Waals surface area contributed by atoms with Crippen LogP contribution in [0.4, 0.5) is 5.69 Å². The van der Waals surface area contributed by atoms with Crippen LogP contribution in [0.25, 0.3) is 11.6 Å². The number of nitrogens with zero attached hydrogens (tertiary/aromatic N) is 2. The van der Waals surface area contributed by atoms with E-state index in [1.54, 1.807) is 24.3 Å². The van der Waals surface area contributed by atoms with Crippen LogP contribution in [-0.2, 0) is 0 Å². The monoisotopic (exact) mass is 358 g/mol. The maximum atomic E-state index is 11.0. The summed E-state index contributed by atoms with van der Waals surface area (Å²) in [6.45, 7) is 0. The normalized spacial score (nSPS) is 10.9. The fourth-order valence-electron chi connectivity index (χ4n) is 1.92. The van der Waals surface area contributed by atoms with Crippen molar-refractivity contribution in [3.63, 3.8) is 0 Å². The molecule has 2 aromatic rings. The van der Waals surface area contributed by atoms with Crippen LogP contribution in [-0.4, -0.2) is 12.0 Å². The van der Waals surface area contributed by atoms with Crippen molar-refractivity contribution in [3.8, 4) is 11.8 Å². The molecule has 0 aromatic heterocycles. The van der Waals surface area contributed by atoms with Crippen LogP contribution in [0.3, 0.4) is 0 Å². The van der Waals surface area contributed by atoms with Crippen molar-refractivity contribution >= 4 is 33.3 Å². The first-order valence-electron chi connectivity index (χ1n) is 6.25. The first-order chi connectivity index (χ1) is 10.5. The molecule has 2 aromatic carbocycles. The third kappa shape index (κ3) is 3.51. The Labute approximate surface area is 135 Å². The average molecular weight is 359 g/mol. The fraction of sp³-hybridized carbons (Fsp3) is 0.0625. The predicted octanol–water partition coefficient (Wildman–Crippen LogP) is 4.43. The number of halogens is 1. The summed E-state index contributed by atoms with van der Waals surface area (Å²) in [6.07, 6.45) is 1.61. The van der Waals surface area contributed by atoms with Crippen LogP contribution >= 0.6 is 15.9 Å². The third-order valence-corrected chi connectivity index (χ3v) is 3.51. The van der Waals surface area contributed by atoms with Gasteiger partial charge in [-0.2, -0.15) is 5.26 Å². The quantitative estimate of drug-likeness (QED) is 0.350. The number of ether oxygens (including phenoxy) is 1. The lowest BCUT2D eigenvalue weighted by Gasteiger charge is -2.03. The number of methoxy groups -OCH3 is 1. The van der Waals surface area contributed by atoms with E-state index in [2.05, 4.69) is 22.0 Å². The zero-order valence-electron chi connectivity index (χ0n) is 11.6. The molecule has 0 spiro atoms. The van der Waals surface area contributed by atoms with Crippen molar-refractivity contribution in [1.29, 1.82) is 5.26 Å². The Hall–Kier alpha value is -2.65. The molecule has 0 saturated carbocycles. The SMILES string of the molecule is COc1ccc(/C=C(/C#N)c2ccc(Br)cc2)cc1[N+](=O)[O-]. The molecule has 0 saturated heterocycles. The van der Waals surface area contributed by atoms with Gasteiger partial charge in [-0.3, -0.25) is 10.1 Å². The third-order valence-electron chi connectivity index (χ3n) is 2.99. The molecule has 0 fully saturated rings. The molecule has 0 atom stereocenters. The molecule has 0 heterocycles. The molecule has 0 radical (unpaired) electrons. The molecule has 22 heavy (non-hydrogen) atoms. The molecule has 110 valence electrons. The molecule has 0 N–H and O–H groups in total. The smallest absolute Gasteiger partial charge is 0.311 e. The van der Waals surface area contributed by atoms with Crippen LogP contribution in [0.15, 0.2) is 46.9 Å². The molecule has 0 aliphatic carbocycles. The van der Waals surface area contributed by atoms with Gasteiger partial charge in [0.25, 0.3) is 0 Å². The molecule has 0 aliphatic heterocycles. The van der Waals surface area contributed by atoms with Crippen molar-refractivity contribution in [2.24, 2.45) is 0 Å². The minimum Gasteiger partial charge on any atom is -0.490 e. The number of nitro benzene ring substituents is 1. The number of hydrogen-bond acceptors (Lipinski definition) is 4. The summed E-state index contributed by atoms with van der Waals surface area (Å²) in [6, 6.07) is 13.9. The van der Waals surface area contributed by atoms with Crippen LogP contribution in [0, 0.1) is 21.4 Å². The van der Waals surface area contributed by atoms with Gasteiger partial charge in [0.2, 0.25) is 0 Å². The van der Waals surface area contributed by atoms with Gasteiger partial charge in [-0.25, -0.2) is 0 Å². The maximum absolute atomic E-state index is 11.0. The van der Waals surface area contributed by atoms with Gasteiger partial charge in [-0.05, 0) is 35.4 Å². The second-order valence-electron chi connectivity index (χ2n) is 4.37. The number of benzene rings is 2. The zero-order chi connectivity index (χ0) is 16.1. The topological polar surface area (TPSA) is 76.2 Å². The Balaban J connectivity index is 2.46. The van der Waals surface area contributed by atoms with Crippen molar-refractivity contribution in [2.45, 2.75) is 0 Å². The maximum Gasteiger partial charge on any atom is 0.311 e. The summed E-state index contributed by atoms with van der Waals surface area (Å²) in [5.41, 5.74) is 1.59. The minimum absolute atomic E-state index is 0.135. The number of hydrogen-bond donors (Lipinski definition) is 0. The van der Waals surface area contributed by atoms with E-state index in [9.17, 15) is 15.4 Å². The van der Waals surface area contributed by atoms with Crippen molar-refractivity contribution in [2.75, 3.05) is 7.11 Å². The molecule has 0 bridgehead atoms. The average Bonchev–Trinajstić information content (AvgIpc) is 2.53. The molecule has 0 aliphatic rings. The van der Waals surface area contributed by atoms with E-state index in [1.807, 2.05) is 12.1 Å². The highest BCUT2D eigenvalue weighted by atomic mass is 79.9. The number of nitro groups is 1. The van der Waals surface area contributed by atoms with Gasteiger partial charge in [0.1, 0.15) is 0 Å². The summed E-state index contributed by atoms with van der Waals surface area (Å²) < 4.78 is 5.87. The summed E-state index contributed by atoms with van der Waals surface area (Å²) in [5, 5.41) is 20.3. The van der Waals surface area contributed by atoms with E-state index in [0.717, 1.165) is 10.0 Å². The van der Waals surface area contributed by atoms with E-state index in [1.165, 1.54) is 19.2 Å². The fourth-order valence-corrected chi connectivity index (χ4v) is 2.18. The first-order valence-corrected chi connectivity index (χ1v) is 7.04. The number of nitriles is 1. The van der Waals surface area contributed by atoms with Gasteiger partial charge in [0.15, 0.2) is 5.75 Å². The van der Waals surface area contributed by atoms with E-state index in [-0.39, 0.29) is 11.4 Å². The standard InChI is InChI=1S/C16H11BrN2O3/c1-22-16-7-2-11(9-15(16)19(20)21)8-13(10-18)12-3-5-14(17)6-4-12/h2-9H,1H3/b13-8-. The van der Waals surface area contributed by atoms with Gasteiger partial charge in [0.05, 0.1) is 23.7 Å². The molecular formula is C16H11BrN2O3. The van der Waals surface area contributed by atoms with Crippen molar-refractivity contribution < 1.29 is 9.66 Å².